The number of carbonyl (C=O) groups is 2. The summed E-state index contributed by atoms with van der Waals surface area (Å²) in [6.45, 7) is 18.7. The molecule has 2 amide bonds. The van der Waals surface area contributed by atoms with Gasteiger partial charge in [0.2, 0.25) is 11.8 Å². The molecule has 0 saturated carbocycles. The van der Waals surface area contributed by atoms with E-state index in [4.69, 9.17) is 0 Å². The second-order valence-corrected chi connectivity index (χ2v) is 9.20. The Kier molecular flexibility index (Phi) is 9.89. The van der Waals surface area contributed by atoms with Gasteiger partial charge in [-0.3, -0.25) is 9.59 Å². The summed E-state index contributed by atoms with van der Waals surface area (Å²) in [5, 5.41) is 0. The second-order valence-electron chi connectivity index (χ2n) is 9.20. The second kappa shape index (κ2) is 11.4. The average molecular weight is 380 g/mol. The smallest absolute Gasteiger partial charge is 0.225 e. The standard InChI is InChI=1S/C22H41N3O2/c1-17(2)8-11-20(7)23-14-24(21(26)12-9-18(3)4)16-25(15-23)22(27)13-10-19(5)6/h17-19H,7-16H2,1-6H3. The minimum Gasteiger partial charge on any atom is -0.340 e. The van der Waals surface area contributed by atoms with Crippen LogP contribution in [0.15, 0.2) is 12.3 Å². The van der Waals surface area contributed by atoms with Gasteiger partial charge in [-0.15, -0.1) is 0 Å². The Morgan fingerprint density at radius 1 is 0.667 bits per heavy atom. The summed E-state index contributed by atoms with van der Waals surface area (Å²) in [7, 11) is 0. The first-order valence-corrected chi connectivity index (χ1v) is 10.6. The molecule has 27 heavy (non-hydrogen) atoms. The van der Waals surface area contributed by atoms with E-state index >= 15 is 0 Å². The van der Waals surface area contributed by atoms with Gasteiger partial charge in [0, 0.05) is 18.5 Å². The number of carbonyl (C=O) groups excluding carboxylic acids is 2. The largest absolute Gasteiger partial charge is 0.340 e. The molecule has 5 heteroatoms. The van der Waals surface area contributed by atoms with Gasteiger partial charge in [0.05, 0.1) is 20.0 Å². The van der Waals surface area contributed by atoms with Gasteiger partial charge in [-0.1, -0.05) is 48.1 Å². The summed E-state index contributed by atoms with van der Waals surface area (Å²) in [6, 6.07) is 0. The molecule has 0 aromatic heterocycles. The molecule has 0 bridgehead atoms. The summed E-state index contributed by atoms with van der Waals surface area (Å²) >= 11 is 0. The Morgan fingerprint density at radius 3 is 1.37 bits per heavy atom. The molecule has 1 fully saturated rings. The van der Waals surface area contributed by atoms with E-state index in [0.717, 1.165) is 31.4 Å². The van der Waals surface area contributed by atoms with Crippen LogP contribution in [0.25, 0.3) is 0 Å². The lowest BCUT2D eigenvalue weighted by Crippen LogP contribution is -2.57. The van der Waals surface area contributed by atoms with Gasteiger partial charge in [0.1, 0.15) is 0 Å². The van der Waals surface area contributed by atoms with Crippen molar-refractivity contribution in [2.24, 2.45) is 17.8 Å². The molecule has 0 N–H and O–H groups in total. The lowest BCUT2D eigenvalue weighted by Gasteiger charge is -2.44. The first-order chi connectivity index (χ1) is 12.6. The molecule has 1 rings (SSSR count). The summed E-state index contributed by atoms with van der Waals surface area (Å²) in [6.07, 6.45) is 4.81. The molecule has 5 nitrogen and oxygen atoms in total. The normalized spacial score (nSPS) is 15.2. The predicted octanol–water partition coefficient (Wildman–Crippen LogP) is 4.65. The maximum Gasteiger partial charge on any atom is 0.225 e. The van der Waals surface area contributed by atoms with Gasteiger partial charge in [-0.05, 0) is 43.4 Å². The topological polar surface area (TPSA) is 43.9 Å². The van der Waals surface area contributed by atoms with Crippen molar-refractivity contribution in [3.63, 3.8) is 0 Å². The third-order valence-electron chi connectivity index (χ3n) is 5.06. The van der Waals surface area contributed by atoms with Gasteiger partial charge in [-0.25, -0.2) is 0 Å². The third kappa shape index (κ3) is 8.81. The van der Waals surface area contributed by atoms with Gasteiger partial charge in [0.25, 0.3) is 0 Å². The van der Waals surface area contributed by atoms with E-state index < -0.39 is 0 Å². The predicted molar refractivity (Wildman–Crippen MR) is 111 cm³/mol. The molecule has 1 saturated heterocycles. The molecular weight excluding hydrogens is 338 g/mol. The van der Waals surface area contributed by atoms with E-state index in [0.29, 0.717) is 50.6 Å². The summed E-state index contributed by atoms with van der Waals surface area (Å²) in [4.78, 5) is 31.1. The van der Waals surface area contributed by atoms with Crippen molar-refractivity contribution in [2.45, 2.75) is 80.1 Å². The molecule has 0 spiro atoms. The monoisotopic (exact) mass is 379 g/mol. The van der Waals surface area contributed by atoms with Crippen LogP contribution in [0.1, 0.15) is 80.1 Å². The molecular formula is C22H41N3O2. The molecule has 0 aromatic carbocycles. The fraction of sp³-hybridized carbons (Fsp3) is 0.818. The van der Waals surface area contributed by atoms with E-state index in [1.807, 2.05) is 9.80 Å². The van der Waals surface area contributed by atoms with Gasteiger partial charge in [-0.2, -0.15) is 0 Å². The zero-order valence-electron chi connectivity index (χ0n) is 18.5. The van der Waals surface area contributed by atoms with Crippen molar-refractivity contribution in [3.8, 4) is 0 Å². The van der Waals surface area contributed by atoms with Crippen molar-refractivity contribution >= 4 is 11.8 Å². The Labute approximate surface area is 166 Å². The first kappa shape index (κ1) is 23.5. The summed E-state index contributed by atoms with van der Waals surface area (Å²) in [5.74, 6) is 1.87. The third-order valence-corrected chi connectivity index (χ3v) is 5.06. The van der Waals surface area contributed by atoms with Crippen LogP contribution in [-0.4, -0.2) is 46.5 Å². The Bertz CT molecular complexity index is 422. The van der Waals surface area contributed by atoms with Crippen molar-refractivity contribution in [3.05, 3.63) is 12.3 Å². The van der Waals surface area contributed by atoms with Gasteiger partial charge in [0.15, 0.2) is 0 Å². The quantitative estimate of drug-likeness (QED) is 0.555. The SMILES string of the molecule is C=C(CCC(C)C)N1CN(C(=O)CCC(C)C)CN(C(=O)CCC(C)C)C1. The minimum atomic E-state index is 0.131. The molecule has 1 aliphatic heterocycles. The molecule has 0 atom stereocenters. The molecule has 0 unspecified atom stereocenters. The molecule has 1 heterocycles. The van der Waals surface area contributed by atoms with Crippen LogP contribution >= 0.6 is 0 Å². The molecule has 0 radical (unpaired) electrons. The van der Waals surface area contributed by atoms with Crippen molar-refractivity contribution in [2.75, 3.05) is 20.0 Å². The highest BCUT2D eigenvalue weighted by Gasteiger charge is 2.29. The first-order valence-electron chi connectivity index (χ1n) is 10.6. The number of rotatable bonds is 10. The summed E-state index contributed by atoms with van der Waals surface area (Å²) in [5.41, 5.74) is 1.02. The fourth-order valence-electron chi connectivity index (χ4n) is 3.02. The van der Waals surface area contributed by atoms with E-state index in [2.05, 4.69) is 53.0 Å². The molecule has 156 valence electrons. The molecule has 0 aromatic rings. The van der Waals surface area contributed by atoms with Crippen molar-refractivity contribution in [1.29, 1.82) is 0 Å². The van der Waals surface area contributed by atoms with Crippen molar-refractivity contribution < 1.29 is 9.59 Å². The highest BCUT2D eigenvalue weighted by Crippen LogP contribution is 2.20. The van der Waals surface area contributed by atoms with Crippen LogP contribution in [0.4, 0.5) is 0 Å². The van der Waals surface area contributed by atoms with Crippen molar-refractivity contribution in [1.82, 2.24) is 14.7 Å². The van der Waals surface area contributed by atoms with E-state index in [1.165, 1.54) is 0 Å². The number of nitrogens with zero attached hydrogens (tertiary/aromatic N) is 3. The fourth-order valence-corrected chi connectivity index (χ4v) is 3.02. The Morgan fingerprint density at radius 2 is 1.00 bits per heavy atom. The van der Waals surface area contributed by atoms with Gasteiger partial charge >= 0.3 is 0 Å². The van der Waals surface area contributed by atoms with Crippen LogP contribution < -0.4 is 0 Å². The maximum absolute atomic E-state index is 12.7. The number of hydrogen-bond acceptors (Lipinski definition) is 3. The number of amides is 2. The van der Waals surface area contributed by atoms with Crippen LogP contribution in [0.2, 0.25) is 0 Å². The molecule has 0 aliphatic carbocycles. The zero-order chi connectivity index (χ0) is 20.6. The van der Waals surface area contributed by atoms with Crippen LogP contribution in [0.3, 0.4) is 0 Å². The average Bonchev–Trinajstić information content (AvgIpc) is 2.61. The zero-order valence-corrected chi connectivity index (χ0v) is 18.5. The maximum atomic E-state index is 12.7. The lowest BCUT2D eigenvalue weighted by atomic mass is 10.1. The lowest BCUT2D eigenvalue weighted by molar-refractivity contribution is -0.150. The summed E-state index contributed by atoms with van der Waals surface area (Å²) < 4.78 is 0. The minimum absolute atomic E-state index is 0.131. The Balaban J connectivity index is 2.79. The van der Waals surface area contributed by atoms with E-state index in [-0.39, 0.29) is 11.8 Å². The number of allylic oxidation sites excluding steroid dienone is 1. The highest BCUT2D eigenvalue weighted by molar-refractivity contribution is 5.79. The van der Waals surface area contributed by atoms with E-state index in [9.17, 15) is 9.59 Å². The van der Waals surface area contributed by atoms with Crippen LogP contribution in [0, 0.1) is 17.8 Å². The van der Waals surface area contributed by atoms with Gasteiger partial charge < -0.3 is 14.7 Å². The highest BCUT2D eigenvalue weighted by atomic mass is 16.2. The van der Waals surface area contributed by atoms with Crippen LogP contribution in [-0.2, 0) is 9.59 Å². The Hall–Kier alpha value is -1.52. The number of hydrogen-bond donors (Lipinski definition) is 0. The van der Waals surface area contributed by atoms with Crippen LogP contribution in [0.5, 0.6) is 0 Å². The molecule has 1 aliphatic rings. The van der Waals surface area contributed by atoms with E-state index in [1.54, 1.807) is 0 Å².